The van der Waals surface area contributed by atoms with Gasteiger partial charge in [-0.15, -0.1) is 0 Å². The molecule has 7 nitrogen and oxygen atoms in total. The first-order valence-corrected chi connectivity index (χ1v) is 12.1. The third-order valence-corrected chi connectivity index (χ3v) is 6.94. The lowest BCUT2D eigenvalue weighted by atomic mass is 9.90. The van der Waals surface area contributed by atoms with Crippen molar-refractivity contribution in [1.82, 2.24) is 10.6 Å². The topological polar surface area (TPSA) is 105 Å². The SMILES string of the molecule is O=C(CCCNC(=O)OCC1c2ccccc2-c2ccccc21)NC1(C(=O)O)CCCCCC1. The first-order valence-electron chi connectivity index (χ1n) is 12.1. The van der Waals surface area contributed by atoms with E-state index in [0.717, 1.165) is 36.8 Å². The minimum atomic E-state index is -1.16. The van der Waals surface area contributed by atoms with E-state index in [0.29, 0.717) is 19.3 Å². The molecule has 0 aromatic heterocycles. The summed E-state index contributed by atoms with van der Waals surface area (Å²) in [6.07, 6.45) is 4.56. The normalized spacial score (nSPS) is 16.6. The van der Waals surface area contributed by atoms with Gasteiger partial charge in [0, 0.05) is 18.9 Å². The Labute approximate surface area is 199 Å². The van der Waals surface area contributed by atoms with E-state index in [1.165, 1.54) is 11.1 Å². The summed E-state index contributed by atoms with van der Waals surface area (Å²) in [5, 5.41) is 15.1. The molecule has 3 N–H and O–H groups in total. The quantitative estimate of drug-likeness (QED) is 0.391. The van der Waals surface area contributed by atoms with E-state index >= 15 is 0 Å². The Bertz CT molecular complexity index is 997. The summed E-state index contributed by atoms with van der Waals surface area (Å²) in [5.41, 5.74) is 3.49. The lowest BCUT2D eigenvalue weighted by Gasteiger charge is -2.29. The van der Waals surface area contributed by atoms with Gasteiger partial charge in [-0.1, -0.05) is 74.2 Å². The van der Waals surface area contributed by atoms with Gasteiger partial charge in [-0.05, 0) is 41.5 Å². The largest absolute Gasteiger partial charge is 0.480 e. The van der Waals surface area contributed by atoms with E-state index < -0.39 is 17.6 Å². The first kappa shape index (κ1) is 23.8. The number of rotatable bonds is 8. The second-order valence-corrected chi connectivity index (χ2v) is 9.21. The average molecular weight is 465 g/mol. The fourth-order valence-electron chi connectivity index (χ4n) is 5.14. The van der Waals surface area contributed by atoms with E-state index in [4.69, 9.17) is 4.74 Å². The molecule has 2 aromatic carbocycles. The van der Waals surface area contributed by atoms with Crippen molar-refractivity contribution in [1.29, 1.82) is 0 Å². The van der Waals surface area contributed by atoms with Crippen LogP contribution < -0.4 is 10.6 Å². The van der Waals surface area contributed by atoms with Crippen LogP contribution in [0.15, 0.2) is 48.5 Å². The number of alkyl carbamates (subject to hydrolysis) is 1. The third-order valence-electron chi connectivity index (χ3n) is 6.94. The van der Waals surface area contributed by atoms with Crippen LogP contribution in [0.1, 0.15) is 68.4 Å². The number of fused-ring (bicyclic) bond motifs is 3. The summed E-state index contributed by atoms with van der Waals surface area (Å²) in [5.74, 6) is -1.26. The van der Waals surface area contributed by atoms with Crippen LogP contribution in [0.4, 0.5) is 4.79 Å². The molecule has 0 radical (unpaired) electrons. The van der Waals surface area contributed by atoms with Crippen LogP contribution in [0.25, 0.3) is 11.1 Å². The number of carbonyl (C=O) groups is 3. The van der Waals surface area contributed by atoms with E-state index in [-0.39, 0.29) is 31.4 Å². The summed E-state index contributed by atoms with van der Waals surface area (Å²) in [6.45, 7) is 0.519. The standard InChI is InChI=1S/C27H32N2O5/c30-24(29-27(25(31)32)15-7-1-2-8-16-27)14-9-17-28-26(33)34-18-23-21-12-5-3-10-19(21)20-11-4-6-13-22(20)23/h3-6,10-13,23H,1-2,7-9,14-18H2,(H,28,33)(H,29,30)(H,31,32). The van der Waals surface area contributed by atoms with Gasteiger partial charge in [0.25, 0.3) is 0 Å². The second kappa shape index (κ2) is 10.7. The maximum Gasteiger partial charge on any atom is 0.407 e. The van der Waals surface area contributed by atoms with E-state index in [1.54, 1.807) is 0 Å². The molecule has 0 saturated heterocycles. The summed E-state index contributed by atoms with van der Waals surface area (Å²) in [6, 6.07) is 16.3. The van der Waals surface area contributed by atoms with Gasteiger partial charge in [-0.2, -0.15) is 0 Å². The van der Waals surface area contributed by atoms with Crippen molar-refractivity contribution in [3.8, 4) is 11.1 Å². The van der Waals surface area contributed by atoms with Gasteiger partial charge in [-0.25, -0.2) is 9.59 Å². The highest BCUT2D eigenvalue weighted by molar-refractivity contribution is 5.87. The smallest absolute Gasteiger partial charge is 0.407 e. The van der Waals surface area contributed by atoms with Crippen LogP contribution in [0.3, 0.4) is 0 Å². The molecular formula is C27H32N2O5. The van der Waals surface area contributed by atoms with Crippen molar-refractivity contribution >= 4 is 18.0 Å². The number of hydrogen-bond donors (Lipinski definition) is 3. The summed E-state index contributed by atoms with van der Waals surface area (Å²) < 4.78 is 5.50. The number of hydrogen-bond acceptors (Lipinski definition) is 4. The fraction of sp³-hybridized carbons (Fsp3) is 0.444. The molecule has 2 amide bonds. The molecule has 0 spiro atoms. The zero-order valence-corrected chi connectivity index (χ0v) is 19.3. The maximum absolute atomic E-state index is 12.4. The molecule has 4 rings (SSSR count). The van der Waals surface area contributed by atoms with Crippen LogP contribution in [-0.2, 0) is 14.3 Å². The van der Waals surface area contributed by atoms with Crippen molar-refractivity contribution < 1.29 is 24.2 Å². The number of carboxylic acids is 1. The van der Waals surface area contributed by atoms with Gasteiger partial charge < -0.3 is 20.5 Å². The Kier molecular flexibility index (Phi) is 7.50. The number of ether oxygens (including phenoxy) is 1. The second-order valence-electron chi connectivity index (χ2n) is 9.21. The number of amides is 2. The molecular weight excluding hydrogens is 432 g/mol. The zero-order valence-electron chi connectivity index (χ0n) is 19.3. The number of aliphatic carboxylic acids is 1. The summed E-state index contributed by atoms with van der Waals surface area (Å²) in [4.78, 5) is 36.5. The molecule has 0 bridgehead atoms. The van der Waals surface area contributed by atoms with Crippen LogP contribution in [0, 0.1) is 0 Å². The summed E-state index contributed by atoms with van der Waals surface area (Å²) >= 11 is 0. The molecule has 2 aliphatic rings. The van der Waals surface area contributed by atoms with Gasteiger partial charge in [0.2, 0.25) is 5.91 Å². The Morgan fingerprint density at radius 1 is 0.912 bits per heavy atom. The third kappa shape index (κ3) is 5.24. The Balaban J connectivity index is 1.22. The van der Waals surface area contributed by atoms with Crippen molar-refractivity contribution in [3.05, 3.63) is 59.7 Å². The lowest BCUT2D eigenvalue weighted by molar-refractivity contribution is -0.148. The van der Waals surface area contributed by atoms with Gasteiger partial charge in [0.1, 0.15) is 12.1 Å². The van der Waals surface area contributed by atoms with E-state index in [9.17, 15) is 19.5 Å². The fourth-order valence-corrected chi connectivity index (χ4v) is 5.14. The van der Waals surface area contributed by atoms with Crippen LogP contribution >= 0.6 is 0 Å². The molecule has 1 saturated carbocycles. The van der Waals surface area contributed by atoms with E-state index in [2.05, 4.69) is 34.9 Å². The molecule has 180 valence electrons. The van der Waals surface area contributed by atoms with E-state index in [1.807, 2.05) is 24.3 Å². The first-order chi connectivity index (χ1) is 16.5. The molecule has 2 aromatic rings. The highest BCUT2D eigenvalue weighted by atomic mass is 16.5. The highest BCUT2D eigenvalue weighted by Gasteiger charge is 2.39. The van der Waals surface area contributed by atoms with Gasteiger partial charge in [0.05, 0.1) is 0 Å². The van der Waals surface area contributed by atoms with Crippen molar-refractivity contribution in [2.45, 2.75) is 62.8 Å². The van der Waals surface area contributed by atoms with Crippen molar-refractivity contribution in [3.63, 3.8) is 0 Å². The predicted octanol–water partition coefficient (Wildman–Crippen LogP) is 4.60. The molecule has 0 atom stereocenters. The van der Waals surface area contributed by atoms with Crippen LogP contribution in [-0.4, -0.2) is 41.8 Å². The molecule has 34 heavy (non-hydrogen) atoms. The minimum Gasteiger partial charge on any atom is -0.480 e. The molecule has 1 fully saturated rings. The maximum atomic E-state index is 12.4. The summed E-state index contributed by atoms with van der Waals surface area (Å²) in [7, 11) is 0. The monoisotopic (exact) mass is 464 g/mol. The van der Waals surface area contributed by atoms with Crippen molar-refractivity contribution in [2.75, 3.05) is 13.2 Å². The molecule has 0 heterocycles. The van der Waals surface area contributed by atoms with Gasteiger partial charge in [-0.3, -0.25) is 4.79 Å². The zero-order chi connectivity index (χ0) is 24.0. The van der Waals surface area contributed by atoms with Crippen molar-refractivity contribution in [2.24, 2.45) is 0 Å². The molecule has 7 heteroatoms. The minimum absolute atomic E-state index is 0.00397. The Hall–Kier alpha value is -3.35. The molecule has 0 unspecified atom stereocenters. The molecule has 0 aliphatic heterocycles. The number of nitrogens with one attached hydrogen (secondary N) is 2. The Morgan fingerprint density at radius 3 is 2.09 bits per heavy atom. The number of carboxylic acid groups (broad SMARTS) is 1. The van der Waals surface area contributed by atoms with Gasteiger partial charge in [0.15, 0.2) is 0 Å². The number of benzene rings is 2. The lowest BCUT2D eigenvalue weighted by Crippen LogP contribution is -2.54. The van der Waals surface area contributed by atoms with Gasteiger partial charge >= 0.3 is 12.1 Å². The van der Waals surface area contributed by atoms with Crippen LogP contribution in [0.5, 0.6) is 0 Å². The van der Waals surface area contributed by atoms with Crippen LogP contribution in [0.2, 0.25) is 0 Å². The molecule has 2 aliphatic carbocycles. The predicted molar refractivity (Wildman–Crippen MR) is 129 cm³/mol. The average Bonchev–Trinajstić information content (AvgIpc) is 2.96. The Morgan fingerprint density at radius 2 is 1.50 bits per heavy atom. The highest BCUT2D eigenvalue weighted by Crippen LogP contribution is 2.44. The number of carbonyl (C=O) groups excluding carboxylic acids is 2.